The second kappa shape index (κ2) is 11.4. The Morgan fingerprint density at radius 1 is 0.939 bits per heavy atom. The number of ether oxygens (including phenoxy) is 1. The number of benzene rings is 2. The molecule has 0 unspecified atom stereocenters. The molecule has 182 valence electrons. The molecule has 0 N–H and O–H groups in total. The first-order chi connectivity index (χ1) is 15.7. The zero-order valence-corrected chi connectivity index (χ0v) is 19.9. The topological polar surface area (TPSA) is 9.23 Å². The van der Waals surface area contributed by atoms with Crippen molar-refractivity contribution in [3.8, 4) is 16.9 Å². The highest BCUT2D eigenvalue weighted by Gasteiger charge is 2.32. The normalized spacial score (nSPS) is 19.0. The van der Waals surface area contributed by atoms with Crippen LogP contribution in [0.5, 0.6) is 5.75 Å². The predicted octanol–water partition coefficient (Wildman–Crippen LogP) is 8.43. The standard InChI is InChI=1S/C25H30F6OSi/c1-2-3-4-11-33-12-9-17(10-13-33)5-6-18-14-21(27)24(22(28)15-18)19-7-8-23(20(26)16-19)32-25(29,30)31/h7-8,14-17,33H,2-6,9-13H2,1H3. The Hall–Kier alpha value is -1.96. The van der Waals surface area contributed by atoms with Gasteiger partial charge < -0.3 is 4.74 Å². The van der Waals surface area contributed by atoms with Crippen molar-refractivity contribution < 1.29 is 31.1 Å². The van der Waals surface area contributed by atoms with Gasteiger partial charge in [0.15, 0.2) is 11.6 Å². The van der Waals surface area contributed by atoms with E-state index in [0.29, 0.717) is 30.0 Å². The van der Waals surface area contributed by atoms with Crippen LogP contribution in [-0.4, -0.2) is 15.2 Å². The highest BCUT2D eigenvalue weighted by atomic mass is 28.3. The third-order valence-corrected chi connectivity index (χ3v) is 10.1. The molecule has 0 spiro atoms. The summed E-state index contributed by atoms with van der Waals surface area (Å²) in [6.07, 6.45) is 2.72. The molecule has 0 aromatic heterocycles. The largest absolute Gasteiger partial charge is 0.573 e. The van der Waals surface area contributed by atoms with Gasteiger partial charge in [0.25, 0.3) is 0 Å². The fourth-order valence-electron chi connectivity index (χ4n) is 4.77. The van der Waals surface area contributed by atoms with E-state index in [4.69, 9.17) is 0 Å². The lowest BCUT2D eigenvalue weighted by Crippen LogP contribution is -2.21. The van der Waals surface area contributed by atoms with Crippen molar-refractivity contribution in [1.82, 2.24) is 0 Å². The summed E-state index contributed by atoms with van der Waals surface area (Å²) < 4.78 is 83.8. The van der Waals surface area contributed by atoms with Gasteiger partial charge in [0, 0.05) is 8.80 Å². The summed E-state index contributed by atoms with van der Waals surface area (Å²) in [5.41, 5.74) is -0.113. The molecule has 1 aliphatic heterocycles. The Labute approximate surface area is 192 Å². The van der Waals surface area contributed by atoms with Gasteiger partial charge in [-0.15, -0.1) is 13.2 Å². The molecule has 1 saturated heterocycles. The van der Waals surface area contributed by atoms with E-state index in [1.807, 2.05) is 0 Å². The number of unbranched alkanes of at least 4 members (excludes halogenated alkanes) is 2. The Kier molecular flexibility index (Phi) is 8.90. The molecular weight excluding hydrogens is 458 g/mol. The van der Waals surface area contributed by atoms with Gasteiger partial charge in [0.1, 0.15) is 11.6 Å². The first kappa shape index (κ1) is 25.7. The molecule has 1 heterocycles. The Balaban J connectivity index is 1.60. The Bertz CT molecular complexity index is 899. The fourth-order valence-corrected chi connectivity index (χ4v) is 8.39. The van der Waals surface area contributed by atoms with Crippen molar-refractivity contribution in [1.29, 1.82) is 0 Å². The molecule has 0 aliphatic carbocycles. The van der Waals surface area contributed by atoms with Gasteiger partial charge in [-0.25, -0.2) is 13.2 Å². The molecule has 1 aliphatic rings. The minimum atomic E-state index is -5.06. The molecule has 0 atom stereocenters. The summed E-state index contributed by atoms with van der Waals surface area (Å²) in [7, 11) is -0.595. The van der Waals surface area contributed by atoms with Gasteiger partial charge in [0.2, 0.25) is 0 Å². The van der Waals surface area contributed by atoms with Crippen LogP contribution in [0.15, 0.2) is 30.3 Å². The molecule has 0 bridgehead atoms. The Morgan fingerprint density at radius 3 is 2.18 bits per heavy atom. The van der Waals surface area contributed by atoms with Crippen molar-refractivity contribution in [3.05, 3.63) is 53.3 Å². The van der Waals surface area contributed by atoms with Crippen molar-refractivity contribution >= 4 is 8.80 Å². The minimum Gasteiger partial charge on any atom is -0.403 e. The molecule has 0 radical (unpaired) electrons. The second-order valence-corrected chi connectivity index (χ2v) is 12.5. The van der Waals surface area contributed by atoms with E-state index in [1.165, 1.54) is 62.4 Å². The van der Waals surface area contributed by atoms with Gasteiger partial charge in [-0.2, -0.15) is 0 Å². The van der Waals surface area contributed by atoms with E-state index < -0.39 is 43.9 Å². The van der Waals surface area contributed by atoms with Crippen molar-refractivity contribution in [3.63, 3.8) is 0 Å². The number of alkyl halides is 3. The molecular formula is C25H30F6OSi. The maximum absolute atomic E-state index is 14.7. The average Bonchev–Trinajstić information content (AvgIpc) is 2.74. The van der Waals surface area contributed by atoms with Gasteiger partial charge in [-0.05, 0) is 54.2 Å². The van der Waals surface area contributed by atoms with Crippen LogP contribution in [0, 0.1) is 23.4 Å². The van der Waals surface area contributed by atoms with Crippen LogP contribution in [0.25, 0.3) is 11.1 Å². The quantitative estimate of drug-likeness (QED) is 0.196. The van der Waals surface area contributed by atoms with Gasteiger partial charge in [0.05, 0.1) is 5.56 Å². The first-order valence-corrected chi connectivity index (χ1v) is 14.1. The summed E-state index contributed by atoms with van der Waals surface area (Å²) in [6, 6.07) is 8.99. The lowest BCUT2D eigenvalue weighted by Gasteiger charge is -2.27. The van der Waals surface area contributed by atoms with E-state index >= 15 is 0 Å². The average molecular weight is 489 g/mol. The molecule has 8 heteroatoms. The van der Waals surface area contributed by atoms with Gasteiger partial charge in [-0.1, -0.05) is 63.2 Å². The number of hydrogen-bond donors (Lipinski definition) is 0. The van der Waals surface area contributed by atoms with Crippen LogP contribution in [0.1, 0.15) is 51.0 Å². The van der Waals surface area contributed by atoms with Crippen LogP contribution >= 0.6 is 0 Å². The molecule has 1 nitrogen and oxygen atoms in total. The van der Waals surface area contributed by atoms with Crippen molar-refractivity contribution in [2.75, 3.05) is 0 Å². The number of aryl methyl sites for hydroxylation is 1. The zero-order valence-electron chi connectivity index (χ0n) is 18.8. The summed E-state index contributed by atoms with van der Waals surface area (Å²) in [6.45, 7) is 2.22. The number of rotatable bonds is 9. The highest BCUT2D eigenvalue weighted by Crippen LogP contribution is 2.34. The van der Waals surface area contributed by atoms with E-state index in [1.54, 1.807) is 0 Å². The van der Waals surface area contributed by atoms with Crippen LogP contribution < -0.4 is 4.74 Å². The van der Waals surface area contributed by atoms with Crippen LogP contribution in [-0.2, 0) is 6.42 Å². The maximum Gasteiger partial charge on any atom is 0.573 e. The molecule has 1 fully saturated rings. The minimum absolute atomic E-state index is 0.185. The van der Waals surface area contributed by atoms with Gasteiger partial charge >= 0.3 is 6.36 Å². The molecule has 3 rings (SSSR count). The Morgan fingerprint density at radius 2 is 1.61 bits per heavy atom. The molecule has 2 aromatic rings. The first-order valence-electron chi connectivity index (χ1n) is 11.7. The number of halogens is 6. The van der Waals surface area contributed by atoms with Crippen LogP contribution in [0.4, 0.5) is 26.3 Å². The van der Waals surface area contributed by atoms with Crippen LogP contribution in [0.2, 0.25) is 18.1 Å². The lowest BCUT2D eigenvalue weighted by atomic mass is 9.93. The zero-order chi connectivity index (χ0) is 24.0. The fraction of sp³-hybridized carbons (Fsp3) is 0.520. The maximum atomic E-state index is 14.7. The van der Waals surface area contributed by atoms with E-state index in [2.05, 4.69) is 11.7 Å². The van der Waals surface area contributed by atoms with E-state index in [9.17, 15) is 26.3 Å². The summed E-state index contributed by atoms with van der Waals surface area (Å²) in [4.78, 5) is 0. The molecule has 0 saturated carbocycles. The van der Waals surface area contributed by atoms with Gasteiger partial charge in [-0.3, -0.25) is 0 Å². The highest BCUT2D eigenvalue weighted by molar-refractivity contribution is 6.58. The summed E-state index contributed by atoms with van der Waals surface area (Å²) in [5.74, 6) is -3.53. The smallest absolute Gasteiger partial charge is 0.403 e. The van der Waals surface area contributed by atoms with Crippen molar-refractivity contribution in [2.24, 2.45) is 5.92 Å². The summed E-state index contributed by atoms with van der Waals surface area (Å²) >= 11 is 0. The van der Waals surface area contributed by atoms with Crippen LogP contribution in [0.3, 0.4) is 0 Å². The predicted molar refractivity (Wildman–Crippen MR) is 121 cm³/mol. The molecule has 2 aromatic carbocycles. The van der Waals surface area contributed by atoms with E-state index in [-0.39, 0.29) is 5.56 Å². The number of hydrogen-bond acceptors (Lipinski definition) is 1. The second-order valence-electron chi connectivity index (χ2n) is 9.05. The third kappa shape index (κ3) is 7.52. The lowest BCUT2D eigenvalue weighted by molar-refractivity contribution is -0.275. The summed E-state index contributed by atoms with van der Waals surface area (Å²) in [5, 5.41) is 0. The molecule has 33 heavy (non-hydrogen) atoms. The SMILES string of the molecule is CCCCC[SiH]1CCC(CCc2cc(F)c(-c3ccc(OC(F)(F)F)c(F)c3)c(F)c2)CC1. The van der Waals surface area contributed by atoms with Crippen molar-refractivity contribution in [2.45, 2.75) is 76.4 Å². The third-order valence-electron chi connectivity index (χ3n) is 6.57. The van der Waals surface area contributed by atoms with E-state index in [0.717, 1.165) is 12.5 Å². The monoisotopic (exact) mass is 488 g/mol. The molecule has 0 amide bonds.